The van der Waals surface area contributed by atoms with E-state index in [0.717, 1.165) is 33.4 Å². The van der Waals surface area contributed by atoms with E-state index in [1.54, 1.807) is 11.8 Å². The fourth-order valence-corrected chi connectivity index (χ4v) is 3.38. The van der Waals surface area contributed by atoms with Crippen LogP contribution in [0.3, 0.4) is 0 Å². The summed E-state index contributed by atoms with van der Waals surface area (Å²) in [5, 5.41) is 5.90. The van der Waals surface area contributed by atoms with Gasteiger partial charge in [0.2, 0.25) is 0 Å². The molecule has 2 amide bonds. The Balaban J connectivity index is 1.65. The number of anilines is 1. The van der Waals surface area contributed by atoms with Crippen LogP contribution in [0.2, 0.25) is 0 Å². The lowest BCUT2D eigenvalue weighted by Crippen LogP contribution is -2.31. The van der Waals surface area contributed by atoms with Gasteiger partial charge in [0.1, 0.15) is 13.2 Å². The van der Waals surface area contributed by atoms with E-state index >= 15 is 0 Å². The highest BCUT2D eigenvalue weighted by molar-refractivity contribution is 7.99. The summed E-state index contributed by atoms with van der Waals surface area (Å²) in [6.45, 7) is 5.14. The molecule has 5 nitrogen and oxygen atoms in total. The summed E-state index contributed by atoms with van der Waals surface area (Å²) >= 11 is 1.70. The lowest BCUT2D eigenvalue weighted by molar-refractivity contribution is 0.171. The molecule has 0 unspecified atom stereocenters. The number of carbonyl (C=O) groups excluding carboxylic acids is 1. The van der Waals surface area contributed by atoms with Gasteiger partial charge in [-0.15, -0.1) is 11.8 Å². The predicted molar refractivity (Wildman–Crippen MR) is 101 cm³/mol. The van der Waals surface area contributed by atoms with Crippen molar-refractivity contribution in [3.8, 4) is 11.5 Å². The molecule has 0 saturated carbocycles. The van der Waals surface area contributed by atoms with Crippen molar-refractivity contribution in [2.75, 3.05) is 24.3 Å². The second-order valence-corrected chi connectivity index (χ2v) is 6.96. The van der Waals surface area contributed by atoms with E-state index < -0.39 is 0 Å². The van der Waals surface area contributed by atoms with E-state index in [-0.39, 0.29) is 12.1 Å². The molecule has 0 saturated heterocycles. The van der Waals surface area contributed by atoms with Crippen LogP contribution in [0.25, 0.3) is 0 Å². The van der Waals surface area contributed by atoms with Crippen LogP contribution in [0.4, 0.5) is 10.5 Å². The highest BCUT2D eigenvalue weighted by atomic mass is 32.2. The van der Waals surface area contributed by atoms with Crippen LogP contribution in [0.15, 0.2) is 47.4 Å². The van der Waals surface area contributed by atoms with Crippen LogP contribution in [-0.2, 0) is 0 Å². The zero-order chi connectivity index (χ0) is 17.6. The number of ether oxygens (including phenoxy) is 2. The molecule has 0 radical (unpaired) electrons. The van der Waals surface area contributed by atoms with Crippen molar-refractivity contribution in [2.24, 2.45) is 0 Å². The van der Waals surface area contributed by atoms with Gasteiger partial charge >= 0.3 is 6.03 Å². The van der Waals surface area contributed by atoms with Gasteiger partial charge in [0, 0.05) is 4.90 Å². The molecule has 0 fully saturated rings. The Morgan fingerprint density at radius 3 is 2.72 bits per heavy atom. The molecule has 0 bridgehead atoms. The number of fused-ring (bicyclic) bond motifs is 1. The predicted octanol–water partition coefficient (Wildman–Crippen LogP) is 4.45. The maximum Gasteiger partial charge on any atom is 0.319 e. The van der Waals surface area contributed by atoms with Gasteiger partial charge in [0.05, 0.1) is 11.7 Å². The molecule has 2 N–H and O–H groups in total. The Kier molecular flexibility index (Phi) is 5.71. The Hall–Kier alpha value is -2.34. The average Bonchev–Trinajstić information content (AvgIpc) is 2.63. The molecule has 1 heterocycles. The summed E-state index contributed by atoms with van der Waals surface area (Å²) < 4.78 is 11.1. The first-order valence-corrected chi connectivity index (χ1v) is 9.35. The average molecular weight is 358 g/mol. The maximum absolute atomic E-state index is 12.4. The summed E-state index contributed by atoms with van der Waals surface area (Å²) in [6.07, 6.45) is 0. The van der Waals surface area contributed by atoms with Crippen LogP contribution in [-0.4, -0.2) is 25.0 Å². The number of carbonyl (C=O) groups is 1. The maximum atomic E-state index is 12.4. The van der Waals surface area contributed by atoms with E-state index in [1.165, 1.54) is 0 Å². The summed E-state index contributed by atoms with van der Waals surface area (Å²) in [7, 11) is 0. The van der Waals surface area contributed by atoms with Gasteiger partial charge in [-0.1, -0.05) is 25.1 Å². The molecule has 0 aliphatic carbocycles. The van der Waals surface area contributed by atoms with Crippen molar-refractivity contribution < 1.29 is 14.3 Å². The van der Waals surface area contributed by atoms with E-state index in [1.807, 2.05) is 49.4 Å². The third-order valence-electron chi connectivity index (χ3n) is 3.85. The Bertz CT molecular complexity index is 751. The fourth-order valence-electron chi connectivity index (χ4n) is 2.62. The minimum Gasteiger partial charge on any atom is -0.486 e. The molecule has 3 rings (SSSR count). The second kappa shape index (κ2) is 8.16. The zero-order valence-corrected chi connectivity index (χ0v) is 15.2. The fraction of sp³-hybridized carbons (Fsp3) is 0.316. The van der Waals surface area contributed by atoms with E-state index in [4.69, 9.17) is 9.47 Å². The van der Waals surface area contributed by atoms with Crippen molar-refractivity contribution in [1.29, 1.82) is 0 Å². The summed E-state index contributed by atoms with van der Waals surface area (Å²) in [4.78, 5) is 13.4. The number of thioether (sulfide) groups is 1. The number of para-hydroxylation sites is 1. The number of hydrogen-bond donors (Lipinski definition) is 2. The highest BCUT2D eigenvalue weighted by Gasteiger charge is 2.16. The molecule has 6 heteroatoms. The van der Waals surface area contributed by atoms with E-state index in [2.05, 4.69) is 17.6 Å². The molecule has 1 aliphatic rings. The van der Waals surface area contributed by atoms with E-state index in [0.29, 0.717) is 13.2 Å². The van der Waals surface area contributed by atoms with Gasteiger partial charge in [0.25, 0.3) is 0 Å². The highest BCUT2D eigenvalue weighted by Crippen LogP contribution is 2.32. The number of amides is 2. The molecule has 25 heavy (non-hydrogen) atoms. The topological polar surface area (TPSA) is 59.6 Å². The number of hydrogen-bond acceptors (Lipinski definition) is 4. The van der Waals surface area contributed by atoms with Gasteiger partial charge < -0.3 is 20.1 Å². The Morgan fingerprint density at radius 2 is 1.92 bits per heavy atom. The third-order valence-corrected chi connectivity index (χ3v) is 4.80. The van der Waals surface area contributed by atoms with Crippen LogP contribution in [0, 0.1) is 0 Å². The quantitative estimate of drug-likeness (QED) is 0.775. The Labute approximate surface area is 152 Å². The largest absolute Gasteiger partial charge is 0.486 e. The van der Waals surface area contributed by atoms with Crippen molar-refractivity contribution in [3.63, 3.8) is 0 Å². The third kappa shape index (κ3) is 4.39. The molecule has 1 atom stereocenters. The molecule has 1 aliphatic heterocycles. The number of benzene rings is 2. The minimum atomic E-state index is -0.230. The van der Waals surface area contributed by atoms with Crippen molar-refractivity contribution in [1.82, 2.24) is 5.32 Å². The van der Waals surface area contributed by atoms with Gasteiger partial charge in [-0.3, -0.25) is 0 Å². The van der Waals surface area contributed by atoms with Crippen molar-refractivity contribution in [3.05, 3.63) is 48.0 Å². The summed E-state index contributed by atoms with van der Waals surface area (Å²) in [5.41, 5.74) is 1.79. The van der Waals surface area contributed by atoms with Crippen LogP contribution in [0.5, 0.6) is 11.5 Å². The number of nitrogens with one attached hydrogen (secondary N) is 2. The molecular formula is C19H22N2O3S. The van der Waals surface area contributed by atoms with Gasteiger partial charge in [-0.25, -0.2) is 4.79 Å². The van der Waals surface area contributed by atoms with E-state index in [9.17, 15) is 4.79 Å². The lowest BCUT2D eigenvalue weighted by Gasteiger charge is -2.21. The molecular weight excluding hydrogens is 336 g/mol. The standard InChI is InChI=1S/C19H22N2O3S/c1-3-25-18-7-5-4-6-15(18)21-19(22)20-13(2)14-8-9-16-17(12-14)24-11-10-23-16/h4-9,12-13H,3,10-11H2,1-2H3,(H2,20,21,22)/t13-/m1/s1. The van der Waals surface area contributed by atoms with Gasteiger partial charge in [-0.05, 0) is 42.5 Å². The number of rotatable bonds is 5. The monoisotopic (exact) mass is 358 g/mol. The first kappa shape index (κ1) is 17.5. The van der Waals surface area contributed by atoms with Crippen LogP contribution < -0.4 is 20.1 Å². The molecule has 2 aromatic rings. The molecule has 2 aromatic carbocycles. The normalized spacial score (nSPS) is 13.8. The first-order chi connectivity index (χ1) is 12.2. The molecule has 132 valence electrons. The Morgan fingerprint density at radius 1 is 1.16 bits per heavy atom. The zero-order valence-electron chi connectivity index (χ0n) is 14.4. The van der Waals surface area contributed by atoms with Crippen molar-refractivity contribution >= 4 is 23.5 Å². The lowest BCUT2D eigenvalue weighted by atomic mass is 10.1. The van der Waals surface area contributed by atoms with Crippen LogP contribution in [0.1, 0.15) is 25.5 Å². The SMILES string of the molecule is CCSc1ccccc1NC(=O)N[C@H](C)c1ccc2c(c1)OCCO2. The first-order valence-electron chi connectivity index (χ1n) is 8.36. The van der Waals surface area contributed by atoms with Crippen molar-refractivity contribution in [2.45, 2.75) is 24.8 Å². The second-order valence-electron chi connectivity index (χ2n) is 5.65. The number of urea groups is 1. The van der Waals surface area contributed by atoms with Gasteiger partial charge in [-0.2, -0.15) is 0 Å². The molecule has 0 spiro atoms. The summed E-state index contributed by atoms with van der Waals surface area (Å²) in [5.74, 6) is 2.42. The van der Waals surface area contributed by atoms with Crippen LogP contribution >= 0.6 is 11.8 Å². The minimum absolute atomic E-state index is 0.151. The smallest absolute Gasteiger partial charge is 0.319 e. The summed E-state index contributed by atoms with van der Waals surface area (Å²) in [6, 6.07) is 13.2. The van der Waals surface area contributed by atoms with Gasteiger partial charge in [0.15, 0.2) is 11.5 Å². The molecule has 0 aromatic heterocycles.